The fourth-order valence-corrected chi connectivity index (χ4v) is 4.51. The summed E-state index contributed by atoms with van der Waals surface area (Å²) in [5, 5.41) is 15.4. The van der Waals surface area contributed by atoms with Crippen molar-refractivity contribution in [2.45, 2.75) is 97.6 Å². The van der Waals surface area contributed by atoms with E-state index in [1.54, 1.807) is 73.6 Å². The highest BCUT2D eigenvalue weighted by Crippen LogP contribution is 2.28. The minimum Gasteiger partial charge on any atom is -0.508 e. The summed E-state index contributed by atoms with van der Waals surface area (Å²) >= 11 is 0. The van der Waals surface area contributed by atoms with Gasteiger partial charge in [0.25, 0.3) is 0 Å². The molecule has 0 bridgehead atoms. The lowest BCUT2D eigenvalue weighted by atomic mass is 9.98. The van der Waals surface area contributed by atoms with Crippen molar-refractivity contribution in [2.24, 2.45) is 5.73 Å². The number of carbonyl (C=O) groups excluding carboxylic acids is 5. The number of hydrogen-bond acceptors (Lipinski definition) is 8. The van der Waals surface area contributed by atoms with Gasteiger partial charge in [-0.2, -0.15) is 0 Å². The number of aryl methyl sites for hydroxylation is 1. The third kappa shape index (κ3) is 11.8. The van der Waals surface area contributed by atoms with Gasteiger partial charge in [0.1, 0.15) is 35.1 Å². The smallest absolute Gasteiger partial charge is 0.408 e. The first-order valence-corrected chi connectivity index (χ1v) is 14.8. The Morgan fingerprint density at radius 2 is 1.49 bits per heavy atom. The maximum absolute atomic E-state index is 14.2. The zero-order chi connectivity index (χ0) is 34.1. The highest BCUT2D eigenvalue weighted by molar-refractivity contribution is 5.95. The Hall–Kier alpha value is -4.61. The maximum atomic E-state index is 14.2. The summed E-state index contributed by atoms with van der Waals surface area (Å²) in [6.45, 7) is 13.3. The average molecular weight is 627 g/mol. The number of nitrogens with two attached hydrogens (primary N) is 1. The summed E-state index contributed by atoms with van der Waals surface area (Å²) in [6.07, 6.45) is -1.41. The van der Waals surface area contributed by atoms with Crippen molar-refractivity contribution in [1.29, 1.82) is 0 Å². The number of aromatic hydroxyl groups is 1. The number of likely N-dealkylation sites (N-methyl/N-ethyl adjacent to an activating group) is 1. The molecule has 3 atom stereocenters. The van der Waals surface area contributed by atoms with Gasteiger partial charge in [0.15, 0.2) is 0 Å². The van der Waals surface area contributed by atoms with Gasteiger partial charge in [0.2, 0.25) is 17.7 Å². The lowest BCUT2D eigenvalue weighted by Gasteiger charge is -2.34. The number of carbonyl (C=O) groups is 5. The topological polar surface area (TPSA) is 177 Å². The molecule has 4 amide bonds. The van der Waals surface area contributed by atoms with E-state index in [1.807, 2.05) is 18.2 Å². The number of nitrogens with zero attached hydrogens (tertiary/aromatic N) is 1. The summed E-state index contributed by atoms with van der Waals surface area (Å²) in [5.74, 6) is -3.08. The molecule has 2 aromatic rings. The van der Waals surface area contributed by atoms with Gasteiger partial charge in [-0.15, -0.1) is 0 Å². The minimum atomic E-state index is -1.46. The van der Waals surface area contributed by atoms with Crippen LogP contribution in [0, 0.1) is 6.92 Å². The molecular weight excluding hydrogens is 580 g/mol. The molecule has 2 aromatic carbocycles. The zero-order valence-corrected chi connectivity index (χ0v) is 27.3. The van der Waals surface area contributed by atoms with Crippen LogP contribution in [0.1, 0.15) is 77.6 Å². The highest BCUT2D eigenvalue weighted by atomic mass is 16.6. The van der Waals surface area contributed by atoms with Crippen molar-refractivity contribution < 1.29 is 38.6 Å². The predicted octanol–water partition coefficient (Wildman–Crippen LogP) is 3.43. The van der Waals surface area contributed by atoms with Crippen LogP contribution in [-0.4, -0.2) is 69.6 Å². The van der Waals surface area contributed by atoms with Gasteiger partial charge in [0, 0.05) is 13.0 Å². The van der Waals surface area contributed by atoms with E-state index in [9.17, 15) is 29.1 Å². The standard InChI is InChI=1S/C33H46N4O8/c1-9-37(29(41)23(19-26(34)39)36-31(43)45-33(6,7)8)27(22-15-16-25(38)20(2)17-22)28(40)35-24(30(42)44-32(3,4)5)18-21-13-11-10-12-14-21/h10-17,23-24,27,38H,9,18-19H2,1-8H3,(H2,34,39)(H,35,40)(H,36,43). The number of nitrogens with one attached hydrogen (secondary N) is 2. The van der Waals surface area contributed by atoms with Crippen molar-refractivity contribution in [3.8, 4) is 5.75 Å². The summed E-state index contributed by atoms with van der Waals surface area (Å²) in [4.78, 5) is 67.3. The normalized spacial score (nSPS) is 13.5. The Bertz CT molecular complexity index is 1360. The predicted molar refractivity (Wildman–Crippen MR) is 168 cm³/mol. The first-order chi connectivity index (χ1) is 20.8. The number of rotatable bonds is 12. The van der Waals surface area contributed by atoms with Gasteiger partial charge in [-0.05, 0) is 84.2 Å². The number of hydrogen-bond donors (Lipinski definition) is 4. The molecule has 0 aliphatic carbocycles. The quantitative estimate of drug-likeness (QED) is 0.259. The Morgan fingerprint density at radius 1 is 0.889 bits per heavy atom. The Labute approximate surface area is 264 Å². The molecule has 12 nitrogen and oxygen atoms in total. The fraction of sp³-hybridized carbons (Fsp3) is 0.485. The van der Waals surface area contributed by atoms with Crippen LogP contribution in [0.5, 0.6) is 5.75 Å². The first-order valence-electron chi connectivity index (χ1n) is 14.8. The van der Waals surface area contributed by atoms with E-state index < -0.39 is 65.5 Å². The second kappa shape index (κ2) is 15.4. The molecule has 5 N–H and O–H groups in total. The van der Waals surface area contributed by atoms with Crippen LogP contribution in [-0.2, 0) is 35.1 Å². The van der Waals surface area contributed by atoms with E-state index in [1.165, 1.54) is 17.0 Å². The maximum Gasteiger partial charge on any atom is 0.408 e. The highest BCUT2D eigenvalue weighted by Gasteiger charge is 2.38. The summed E-state index contributed by atoms with van der Waals surface area (Å²) in [7, 11) is 0. The van der Waals surface area contributed by atoms with Gasteiger partial charge in [-0.25, -0.2) is 9.59 Å². The number of phenols is 1. The molecule has 0 saturated heterocycles. The average Bonchev–Trinajstić information content (AvgIpc) is 2.90. The lowest BCUT2D eigenvalue weighted by Crippen LogP contribution is -2.55. The summed E-state index contributed by atoms with van der Waals surface area (Å²) < 4.78 is 10.9. The Morgan fingerprint density at radius 3 is 2.00 bits per heavy atom. The summed E-state index contributed by atoms with van der Waals surface area (Å²) in [5.41, 5.74) is 5.20. The largest absolute Gasteiger partial charge is 0.508 e. The molecule has 0 spiro atoms. The first kappa shape index (κ1) is 36.6. The third-order valence-corrected chi connectivity index (χ3v) is 6.41. The molecule has 2 rings (SSSR count). The Balaban J connectivity index is 2.58. The summed E-state index contributed by atoms with van der Waals surface area (Å²) in [6, 6.07) is 9.52. The van der Waals surface area contributed by atoms with Crippen LogP contribution in [0.4, 0.5) is 4.79 Å². The number of phenolic OH excluding ortho intramolecular Hbond substituents is 1. The number of amides is 4. The van der Waals surface area contributed by atoms with E-state index in [0.29, 0.717) is 11.1 Å². The molecule has 12 heteroatoms. The van der Waals surface area contributed by atoms with Crippen molar-refractivity contribution in [2.75, 3.05) is 6.54 Å². The van der Waals surface area contributed by atoms with Crippen molar-refractivity contribution in [3.05, 3.63) is 65.2 Å². The van der Waals surface area contributed by atoms with Gasteiger partial charge in [0.05, 0.1) is 6.42 Å². The molecule has 246 valence electrons. The van der Waals surface area contributed by atoms with Crippen LogP contribution in [0.15, 0.2) is 48.5 Å². The molecule has 0 saturated carbocycles. The number of primary amides is 1. The third-order valence-electron chi connectivity index (χ3n) is 6.41. The molecule has 0 radical (unpaired) electrons. The molecule has 45 heavy (non-hydrogen) atoms. The monoisotopic (exact) mass is 626 g/mol. The molecule has 0 heterocycles. The molecule has 0 fully saturated rings. The second-order valence-electron chi connectivity index (χ2n) is 12.7. The zero-order valence-electron chi connectivity index (χ0n) is 27.3. The van der Waals surface area contributed by atoms with Crippen LogP contribution in [0.3, 0.4) is 0 Å². The molecule has 0 aliphatic heterocycles. The van der Waals surface area contributed by atoms with E-state index >= 15 is 0 Å². The van der Waals surface area contributed by atoms with Crippen molar-refractivity contribution in [1.82, 2.24) is 15.5 Å². The fourth-order valence-electron chi connectivity index (χ4n) is 4.51. The van der Waals surface area contributed by atoms with Crippen LogP contribution in [0.25, 0.3) is 0 Å². The van der Waals surface area contributed by atoms with E-state index in [0.717, 1.165) is 5.56 Å². The number of benzene rings is 2. The SMILES string of the molecule is CCN(C(=O)C(CC(N)=O)NC(=O)OC(C)(C)C)C(C(=O)NC(Cc1ccccc1)C(=O)OC(C)(C)C)c1ccc(O)c(C)c1. The molecule has 0 aliphatic rings. The second-order valence-corrected chi connectivity index (χ2v) is 12.7. The van der Waals surface area contributed by atoms with E-state index in [4.69, 9.17) is 15.2 Å². The Kier molecular flexibility index (Phi) is 12.5. The van der Waals surface area contributed by atoms with Crippen molar-refractivity contribution in [3.63, 3.8) is 0 Å². The number of alkyl carbamates (subject to hydrolysis) is 1. The molecule has 0 aromatic heterocycles. The van der Waals surface area contributed by atoms with Gasteiger partial charge < -0.3 is 35.8 Å². The van der Waals surface area contributed by atoms with Gasteiger partial charge >= 0.3 is 12.1 Å². The van der Waals surface area contributed by atoms with E-state index in [-0.39, 0.29) is 18.7 Å². The van der Waals surface area contributed by atoms with Crippen LogP contribution in [0.2, 0.25) is 0 Å². The van der Waals surface area contributed by atoms with Crippen molar-refractivity contribution >= 4 is 29.8 Å². The molecule has 3 unspecified atom stereocenters. The minimum absolute atomic E-state index is 0.0267. The van der Waals surface area contributed by atoms with Crippen LogP contribution >= 0.6 is 0 Å². The van der Waals surface area contributed by atoms with Gasteiger partial charge in [-0.1, -0.05) is 36.4 Å². The number of esters is 1. The van der Waals surface area contributed by atoms with Crippen LogP contribution < -0.4 is 16.4 Å². The number of ether oxygens (including phenoxy) is 2. The van der Waals surface area contributed by atoms with Gasteiger partial charge in [-0.3, -0.25) is 14.4 Å². The lowest BCUT2D eigenvalue weighted by molar-refractivity contribution is -0.159. The molecular formula is C33H46N4O8. The van der Waals surface area contributed by atoms with E-state index in [2.05, 4.69) is 10.6 Å².